The van der Waals surface area contributed by atoms with Crippen LogP contribution < -0.4 is 5.56 Å². The van der Waals surface area contributed by atoms with Gasteiger partial charge in [-0.2, -0.15) is 0 Å². The molecule has 5 aromatic carbocycles. The summed E-state index contributed by atoms with van der Waals surface area (Å²) >= 11 is 0. The Morgan fingerprint density at radius 2 is 1.03 bits per heavy atom. The molecule has 0 aliphatic heterocycles. The molecule has 7 rings (SSSR count). The van der Waals surface area contributed by atoms with Gasteiger partial charge in [0, 0.05) is 16.2 Å². The second-order valence-corrected chi connectivity index (χ2v) is 8.95. The number of rotatable bonds is 3. The van der Waals surface area contributed by atoms with Crippen molar-refractivity contribution in [3.8, 4) is 33.5 Å². The summed E-state index contributed by atoms with van der Waals surface area (Å²) in [7, 11) is 0. The molecule has 0 aliphatic carbocycles. The Morgan fingerprint density at radius 3 is 1.71 bits per heavy atom. The molecule has 164 valence electrons. The number of pyridine rings is 1. The lowest BCUT2D eigenvalue weighted by Crippen LogP contribution is -2.14. The third kappa shape index (κ3) is 3.00. The predicted molar refractivity (Wildman–Crippen MR) is 146 cm³/mol. The first-order valence-electron chi connectivity index (χ1n) is 11.8. The van der Waals surface area contributed by atoms with Gasteiger partial charge < -0.3 is 0 Å². The highest BCUT2D eigenvalue weighted by atomic mass is 16.1. The monoisotopic (exact) mass is 447 g/mol. The second kappa shape index (κ2) is 7.68. The molecule has 0 aliphatic rings. The minimum atomic E-state index is 0.0179. The number of hydrogen-bond donors (Lipinski definition) is 0. The van der Waals surface area contributed by atoms with E-state index in [1.807, 2.05) is 52.9 Å². The van der Waals surface area contributed by atoms with E-state index in [-0.39, 0.29) is 5.56 Å². The van der Waals surface area contributed by atoms with Gasteiger partial charge in [-0.3, -0.25) is 9.20 Å². The number of benzene rings is 5. The Morgan fingerprint density at radius 1 is 0.429 bits per heavy atom. The SMILES string of the molecule is O=c1c2cc(-c3ccccc3)ccc2c2ccc(-c3ccccc3)c3cc(-c4ccccc4)n1c32. The maximum absolute atomic E-state index is 14.1. The van der Waals surface area contributed by atoms with Gasteiger partial charge >= 0.3 is 0 Å². The molecule has 2 heteroatoms. The summed E-state index contributed by atoms with van der Waals surface area (Å²) in [6.45, 7) is 0. The first-order chi connectivity index (χ1) is 17.3. The van der Waals surface area contributed by atoms with Gasteiger partial charge in [-0.05, 0) is 45.3 Å². The van der Waals surface area contributed by atoms with Crippen LogP contribution in [0.2, 0.25) is 0 Å². The second-order valence-electron chi connectivity index (χ2n) is 8.95. The standard InChI is InChI=1S/C33H21NO/c35-33-30-20-25(22-10-4-1-5-11-22)16-17-27(30)28-19-18-26(23-12-6-2-7-13-23)29-21-31(34(33)32(28)29)24-14-8-3-9-15-24/h1-21H. The van der Waals surface area contributed by atoms with Crippen LogP contribution in [0.15, 0.2) is 132 Å². The van der Waals surface area contributed by atoms with Crippen molar-refractivity contribution in [1.82, 2.24) is 4.40 Å². The number of aromatic nitrogens is 1. The van der Waals surface area contributed by atoms with Crippen molar-refractivity contribution in [3.05, 3.63) is 138 Å². The van der Waals surface area contributed by atoms with Crippen LogP contribution in [0.4, 0.5) is 0 Å². The molecule has 0 unspecified atom stereocenters. The van der Waals surface area contributed by atoms with Gasteiger partial charge in [-0.25, -0.2) is 0 Å². The summed E-state index contributed by atoms with van der Waals surface area (Å²) in [5.41, 5.74) is 7.39. The topological polar surface area (TPSA) is 21.5 Å². The summed E-state index contributed by atoms with van der Waals surface area (Å²) < 4.78 is 1.92. The van der Waals surface area contributed by atoms with Crippen LogP contribution >= 0.6 is 0 Å². The van der Waals surface area contributed by atoms with E-state index >= 15 is 0 Å². The van der Waals surface area contributed by atoms with E-state index in [2.05, 4.69) is 78.9 Å². The molecule has 2 aromatic heterocycles. The zero-order chi connectivity index (χ0) is 23.4. The molecule has 2 nitrogen and oxygen atoms in total. The van der Waals surface area contributed by atoms with E-state index in [0.717, 1.165) is 60.6 Å². The third-order valence-corrected chi connectivity index (χ3v) is 6.97. The molecule has 0 atom stereocenters. The largest absolute Gasteiger partial charge is 0.275 e. The summed E-state index contributed by atoms with van der Waals surface area (Å²) in [5.74, 6) is 0. The molecule has 2 heterocycles. The Bertz CT molecular complexity index is 1890. The molecule has 0 saturated heterocycles. The van der Waals surface area contributed by atoms with Gasteiger partial charge in [0.05, 0.1) is 11.2 Å². The highest BCUT2D eigenvalue weighted by Gasteiger charge is 2.20. The van der Waals surface area contributed by atoms with Crippen LogP contribution in [0, 0.1) is 0 Å². The van der Waals surface area contributed by atoms with Crippen molar-refractivity contribution in [3.63, 3.8) is 0 Å². The van der Waals surface area contributed by atoms with E-state index < -0.39 is 0 Å². The average Bonchev–Trinajstić information content (AvgIpc) is 3.34. The van der Waals surface area contributed by atoms with Crippen molar-refractivity contribution in [2.75, 3.05) is 0 Å². The molecule has 0 bridgehead atoms. The summed E-state index contributed by atoms with van der Waals surface area (Å²) in [6, 6.07) is 43.6. The third-order valence-electron chi connectivity index (χ3n) is 6.97. The smallest absolute Gasteiger partial charge is 0.263 e. The molecule has 7 aromatic rings. The van der Waals surface area contributed by atoms with Crippen LogP contribution in [-0.4, -0.2) is 4.40 Å². The normalized spacial score (nSPS) is 11.5. The maximum atomic E-state index is 14.1. The Kier molecular flexibility index (Phi) is 4.33. The van der Waals surface area contributed by atoms with E-state index in [1.54, 1.807) is 0 Å². The molecule has 0 fully saturated rings. The van der Waals surface area contributed by atoms with Crippen molar-refractivity contribution in [2.24, 2.45) is 0 Å². The molecule has 0 radical (unpaired) electrons. The van der Waals surface area contributed by atoms with Crippen LogP contribution in [0.5, 0.6) is 0 Å². The summed E-state index contributed by atoms with van der Waals surface area (Å²) in [6.07, 6.45) is 0. The lowest BCUT2D eigenvalue weighted by molar-refractivity contribution is 1.16. The molecule has 0 saturated carbocycles. The zero-order valence-electron chi connectivity index (χ0n) is 19.0. The van der Waals surface area contributed by atoms with Crippen LogP contribution in [-0.2, 0) is 0 Å². The van der Waals surface area contributed by atoms with Crippen LogP contribution in [0.3, 0.4) is 0 Å². The average molecular weight is 448 g/mol. The first-order valence-corrected chi connectivity index (χ1v) is 11.8. The van der Waals surface area contributed by atoms with Crippen molar-refractivity contribution < 1.29 is 0 Å². The van der Waals surface area contributed by atoms with Crippen molar-refractivity contribution >= 4 is 27.1 Å². The molecular weight excluding hydrogens is 426 g/mol. The van der Waals surface area contributed by atoms with E-state index in [1.165, 1.54) is 0 Å². The van der Waals surface area contributed by atoms with Crippen molar-refractivity contribution in [2.45, 2.75) is 0 Å². The van der Waals surface area contributed by atoms with Gasteiger partial charge in [0.1, 0.15) is 0 Å². The Labute approximate surface area is 202 Å². The van der Waals surface area contributed by atoms with E-state index in [4.69, 9.17) is 0 Å². The Balaban J connectivity index is 1.63. The molecule has 0 amide bonds. The summed E-state index contributed by atoms with van der Waals surface area (Å²) in [5, 5.41) is 3.92. The fourth-order valence-corrected chi connectivity index (χ4v) is 5.32. The fraction of sp³-hybridized carbons (Fsp3) is 0. The number of hydrogen-bond acceptors (Lipinski definition) is 1. The minimum Gasteiger partial charge on any atom is -0.275 e. The maximum Gasteiger partial charge on any atom is 0.263 e. The van der Waals surface area contributed by atoms with Gasteiger partial charge in [0.25, 0.3) is 5.56 Å². The van der Waals surface area contributed by atoms with Gasteiger partial charge in [0.15, 0.2) is 0 Å². The number of nitrogens with zero attached hydrogens (tertiary/aromatic N) is 1. The van der Waals surface area contributed by atoms with Crippen molar-refractivity contribution in [1.29, 1.82) is 0 Å². The lowest BCUT2D eigenvalue weighted by atomic mass is 9.96. The minimum absolute atomic E-state index is 0.0179. The Hall–Kier alpha value is -4.69. The molecular formula is C33H21NO. The zero-order valence-corrected chi connectivity index (χ0v) is 19.0. The quantitative estimate of drug-likeness (QED) is 0.251. The fourth-order valence-electron chi connectivity index (χ4n) is 5.32. The first kappa shape index (κ1) is 19.7. The van der Waals surface area contributed by atoms with E-state index in [0.29, 0.717) is 0 Å². The van der Waals surface area contributed by atoms with Crippen LogP contribution in [0.1, 0.15) is 0 Å². The highest BCUT2D eigenvalue weighted by Crippen LogP contribution is 2.39. The van der Waals surface area contributed by atoms with Gasteiger partial charge in [-0.1, -0.05) is 115 Å². The number of fused-ring (bicyclic) bond motifs is 2. The predicted octanol–water partition coefficient (Wildman–Crippen LogP) is 8.04. The van der Waals surface area contributed by atoms with E-state index in [9.17, 15) is 4.79 Å². The summed E-state index contributed by atoms with van der Waals surface area (Å²) in [4.78, 5) is 14.1. The van der Waals surface area contributed by atoms with Crippen LogP contribution in [0.25, 0.3) is 60.6 Å². The van der Waals surface area contributed by atoms with Gasteiger partial charge in [0.2, 0.25) is 0 Å². The van der Waals surface area contributed by atoms with Gasteiger partial charge in [-0.15, -0.1) is 0 Å². The lowest BCUT2D eigenvalue weighted by Gasteiger charge is -2.12. The molecule has 0 spiro atoms. The molecule has 0 N–H and O–H groups in total. The molecule has 35 heavy (non-hydrogen) atoms. The highest BCUT2D eigenvalue weighted by molar-refractivity contribution is 6.16.